The molecule has 2 rings (SSSR count). The number of nitrogens with two attached hydrogens (primary N) is 1. The molecule has 0 spiro atoms. The van der Waals surface area contributed by atoms with Crippen LogP contribution in [0.5, 0.6) is 0 Å². The summed E-state index contributed by atoms with van der Waals surface area (Å²) in [5.74, 6) is -1.83. The molecule has 0 radical (unpaired) electrons. The molecule has 46 heavy (non-hydrogen) atoms. The first kappa shape index (κ1) is 39.4. The molecule has 1 aliphatic rings. The minimum absolute atomic E-state index is 0.0385. The molecule has 0 unspecified atom stereocenters. The van der Waals surface area contributed by atoms with E-state index in [0.717, 1.165) is 24.8 Å². The molecule has 9 nitrogen and oxygen atoms in total. The van der Waals surface area contributed by atoms with Crippen LogP contribution < -0.4 is 11.1 Å². The maximum atomic E-state index is 13.1. The summed E-state index contributed by atoms with van der Waals surface area (Å²) in [7, 11) is 0. The zero-order valence-corrected chi connectivity index (χ0v) is 28.8. The number of carbonyl (C=O) groups is 3. The van der Waals surface area contributed by atoms with Crippen LogP contribution in [0.3, 0.4) is 0 Å². The van der Waals surface area contributed by atoms with Gasteiger partial charge < -0.3 is 30.0 Å². The van der Waals surface area contributed by atoms with Crippen molar-refractivity contribution in [3.63, 3.8) is 0 Å². The van der Waals surface area contributed by atoms with Crippen LogP contribution in [0, 0.1) is 11.8 Å². The van der Waals surface area contributed by atoms with E-state index in [1.807, 2.05) is 51.1 Å². The molecule has 1 amide bonds. The highest BCUT2D eigenvalue weighted by molar-refractivity contribution is 5.89. The molecule has 1 heterocycles. The van der Waals surface area contributed by atoms with Crippen molar-refractivity contribution in [1.29, 1.82) is 0 Å². The van der Waals surface area contributed by atoms with Crippen LogP contribution in [0.2, 0.25) is 0 Å². The molecule has 0 aliphatic carbocycles. The van der Waals surface area contributed by atoms with Crippen molar-refractivity contribution in [2.24, 2.45) is 17.6 Å². The van der Waals surface area contributed by atoms with Gasteiger partial charge in [-0.1, -0.05) is 135 Å². The maximum absolute atomic E-state index is 13.1. The Kier molecular flexibility index (Phi) is 19.5. The Morgan fingerprint density at radius 1 is 0.935 bits per heavy atom. The predicted octanol–water partition coefficient (Wildman–Crippen LogP) is 6.42. The van der Waals surface area contributed by atoms with Crippen molar-refractivity contribution < 1.29 is 33.3 Å². The number of benzene rings is 1. The van der Waals surface area contributed by atoms with Crippen molar-refractivity contribution in [3.8, 4) is 0 Å². The third kappa shape index (κ3) is 15.2. The van der Waals surface area contributed by atoms with E-state index in [1.54, 1.807) is 0 Å². The van der Waals surface area contributed by atoms with Crippen LogP contribution in [0.4, 0.5) is 0 Å². The second-order valence-electron chi connectivity index (χ2n) is 12.9. The first-order valence-corrected chi connectivity index (χ1v) is 17.5. The Morgan fingerprint density at radius 2 is 1.54 bits per heavy atom. The highest BCUT2D eigenvalue weighted by Gasteiger charge is 2.51. The molecule has 0 saturated carbocycles. The fourth-order valence-corrected chi connectivity index (χ4v) is 5.53. The van der Waals surface area contributed by atoms with E-state index in [0.29, 0.717) is 13.0 Å². The summed E-state index contributed by atoms with van der Waals surface area (Å²) in [5.41, 5.74) is 7.15. The zero-order valence-electron chi connectivity index (χ0n) is 28.8. The number of epoxide rings is 1. The van der Waals surface area contributed by atoms with Crippen molar-refractivity contribution in [2.75, 3.05) is 13.2 Å². The van der Waals surface area contributed by atoms with E-state index in [1.165, 1.54) is 57.4 Å². The Hall–Kier alpha value is -2.75. The summed E-state index contributed by atoms with van der Waals surface area (Å²) in [6, 6.07) is 7.96. The summed E-state index contributed by atoms with van der Waals surface area (Å²) in [5, 5.41) is 2.78. The lowest BCUT2D eigenvalue weighted by Gasteiger charge is -2.25. The lowest BCUT2D eigenvalue weighted by Crippen LogP contribution is -2.47. The Labute approximate surface area is 277 Å². The molecule has 1 fully saturated rings. The predicted molar refractivity (Wildman–Crippen MR) is 181 cm³/mol. The average molecular weight is 645 g/mol. The minimum atomic E-state index is -0.927. The molecular formula is C37H60N2O7. The van der Waals surface area contributed by atoms with Crippen LogP contribution in [-0.2, 0) is 39.9 Å². The molecule has 0 aromatic heterocycles. The van der Waals surface area contributed by atoms with Crippen LogP contribution >= 0.6 is 0 Å². The van der Waals surface area contributed by atoms with Crippen molar-refractivity contribution >= 4 is 17.8 Å². The average Bonchev–Trinajstić information content (AvgIpc) is 3.85. The van der Waals surface area contributed by atoms with Crippen LogP contribution in [0.1, 0.15) is 110 Å². The molecular weight excluding hydrogens is 584 g/mol. The van der Waals surface area contributed by atoms with E-state index >= 15 is 0 Å². The Balaban J connectivity index is 1.89. The van der Waals surface area contributed by atoms with Crippen LogP contribution in [0.15, 0.2) is 43.0 Å². The lowest BCUT2D eigenvalue weighted by atomic mass is 9.93. The van der Waals surface area contributed by atoms with Gasteiger partial charge in [-0.05, 0) is 24.3 Å². The molecule has 6 atom stereocenters. The molecule has 1 aromatic rings. The van der Waals surface area contributed by atoms with Gasteiger partial charge in [0, 0.05) is 5.92 Å². The zero-order chi connectivity index (χ0) is 33.7. The molecule has 1 aromatic carbocycles. The Bertz CT molecular complexity index is 1020. The number of nitrogens with one attached hydrogen (secondary N) is 1. The highest BCUT2D eigenvalue weighted by atomic mass is 16.6. The standard InChI is InChI=1S/C37H60N2O7/c1-6-8-9-10-11-12-13-14-15-16-20-23-31(45-36(41)30(38)26-43-25-29-21-18-17-19-22-29)28(5)33-34(46-33)35(40)39-32(27(3)4)37(42)44-24-7-2/h7,17-19,21-22,27-28,30-34H,2,6,8-16,20,23-26,38H2,1,3-5H3,(H,39,40)/t28-,30-,31+,32-,33+,34-/m0/s1. The number of esters is 2. The fourth-order valence-electron chi connectivity index (χ4n) is 5.53. The number of carbonyl (C=O) groups excluding carboxylic acids is 3. The summed E-state index contributed by atoms with van der Waals surface area (Å²) in [4.78, 5) is 38.6. The van der Waals surface area contributed by atoms with Gasteiger partial charge in [0.15, 0.2) is 6.10 Å². The van der Waals surface area contributed by atoms with Gasteiger partial charge >= 0.3 is 11.9 Å². The molecule has 1 aliphatic heterocycles. The van der Waals surface area contributed by atoms with Crippen molar-refractivity contribution in [1.82, 2.24) is 5.32 Å². The lowest BCUT2D eigenvalue weighted by molar-refractivity contribution is -0.155. The normalized spacial score (nSPS) is 18.3. The van der Waals surface area contributed by atoms with Gasteiger partial charge in [0.25, 0.3) is 5.91 Å². The number of hydrogen-bond acceptors (Lipinski definition) is 8. The van der Waals surface area contributed by atoms with Gasteiger partial charge in [-0.25, -0.2) is 4.79 Å². The SMILES string of the molecule is C=CCOC(=O)[C@@H](NC(=O)[C@H]1O[C@@H]1[C@@H](C)[C@@H](CCCCCCCCCCCCC)OC(=O)[C@@H](N)COCc1ccccc1)C(C)C. The molecule has 0 bridgehead atoms. The van der Waals surface area contributed by atoms with Gasteiger partial charge in [0.1, 0.15) is 30.9 Å². The van der Waals surface area contributed by atoms with E-state index in [9.17, 15) is 14.4 Å². The smallest absolute Gasteiger partial charge is 0.329 e. The summed E-state index contributed by atoms with van der Waals surface area (Å²) >= 11 is 0. The summed E-state index contributed by atoms with van der Waals surface area (Å²) < 4.78 is 22.6. The number of unbranched alkanes of at least 4 members (excludes halogenated alkanes) is 10. The van der Waals surface area contributed by atoms with Gasteiger partial charge in [0.05, 0.1) is 13.2 Å². The topological polar surface area (TPSA) is 129 Å². The van der Waals surface area contributed by atoms with Crippen molar-refractivity contribution in [2.45, 2.75) is 142 Å². The number of amides is 1. The highest BCUT2D eigenvalue weighted by Crippen LogP contribution is 2.35. The molecule has 9 heteroatoms. The monoisotopic (exact) mass is 644 g/mol. The second kappa shape index (κ2) is 22.7. The van der Waals surface area contributed by atoms with Crippen molar-refractivity contribution in [3.05, 3.63) is 48.6 Å². The number of hydrogen-bond donors (Lipinski definition) is 2. The minimum Gasteiger partial charge on any atom is -0.461 e. The van der Waals surface area contributed by atoms with Crippen LogP contribution in [0.25, 0.3) is 0 Å². The fraction of sp³-hybridized carbons (Fsp3) is 0.703. The van der Waals surface area contributed by atoms with Gasteiger partial charge in [0.2, 0.25) is 0 Å². The number of ether oxygens (including phenoxy) is 4. The summed E-state index contributed by atoms with van der Waals surface area (Å²) in [6.45, 7) is 11.9. The van der Waals surface area contributed by atoms with E-state index in [4.69, 9.17) is 24.7 Å². The van der Waals surface area contributed by atoms with Gasteiger partial charge in [-0.3, -0.25) is 9.59 Å². The third-order valence-corrected chi connectivity index (χ3v) is 8.52. The van der Waals surface area contributed by atoms with Crippen LogP contribution in [-0.4, -0.2) is 61.5 Å². The first-order valence-electron chi connectivity index (χ1n) is 17.5. The quantitative estimate of drug-likeness (QED) is 0.0512. The van der Waals surface area contributed by atoms with E-state index in [2.05, 4.69) is 18.8 Å². The van der Waals surface area contributed by atoms with E-state index in [-0.39, 0.29) is 31.0 Å². The van der Waals surface area contributed by atoms with E-state index < -0.39 is 42.3 Å². The molecule has 3 N–H and O–H groups in total. The first-order chi connectivity index (χ1) is 22.2. The second-order valence-corrected chi connectivity index (χ2v) is 12.9. The van der Waals surface area contributed by atoms with Gasteiger partial charge in [-0.2, -0.15) is 0 Å². The third-order valence-electron chi connectivity index (χ3n) is 8.52. The van der Waals surface area contributed by atoms with Gasteiger partial charge in [-0.15, -0.1) is 0 Å². The summed E-state index contributed by atoms with van der Waals surface area (Å²) in [6.07, 6.45) is 13.9. The molecule has 260 valence electrons. The molecule has 1 saturated heterocycles. The maximum Gasteiger partial charge on any atom is 0.329 e. The number of rotatable bonds is 26. The Morgan fingerprint density at radius 3 is 2.13 bits per heavy atom. The largest absolute Gasteiger partial charge is 0.461 e.